The van der Waals surface area contributed by atoms with E-state index < -0.39 is 10.0 Å². The first-order valence-electron chi connectivity index (χ1n) is 11.2. The number of halogens is 1. The Labute approximate surface area is 198 Å². The molecule has 0 spiro atoms. The number of hydrogen-bond donors (Lipinski definition) is 0. The average molecular weight is 491 g/mol. The van der Waals surface area contributed by atoms with E-state index in [1.807, 2.05) is 11.3 Å². The number of aromatic nitrogens is 2. The molecule has 1 saturated heterocycles. The molecule has 3 aromatic rings. The van der Waals surface area contributed by atoms with Gasteiger partial charge < -0.3 is 4.90 Å². The van der Waals surface area contributed by atoms with E-state index in [2.05, 4.69) is 18.7 Å². The molecule has 3 heterocycles. The number of sulfonamides is 1. The second-order valence-corrected chi connectivity index (χ2v) is 12.3. The molecular formula is C23H27ClN4O2S2. The van der Waals surface area contributed by atoms with Gasteiger partial charge in [0.1, 0.15) is 16.5 Å². The number of aryl methyl sites for hydroxylation is 2. The van der Waals surface area contributed by atoms with Crippen LogP contribution >= 0.6 is 22.9 Å². The van der Waals surface area contributed by atoms with Crippen LogP contribution in [0.25, 0.3) is 10.2 Å². The quantitative estimate of drug-likeness (QED) is 0.522. The summed E-state index contributed by atoms with van der Waals surface area (Å²) in [5.41, 5.74) is 1.41. The Morgan fingerprint density at radius 3 is 2.38 bits per heavy atom. The number of benzene rings is 1. The van der Waals surface area contributed by atoms with Crippen LogP contribution in [0.4, 0.5) is 5.82 Å². The fourth-order valence-electron chi connectivity index (χ4n) is 4.54. The van der Waals surface area contributed by atoms with Crippen molar-refractivity contribution in [2.75, 3.05) is 31.1 Å². The number of anilines is 1. The summed E-state index contributed by atoms with van der Waals surface area (Å²) in [5, 5.41) is 1.73. The molecule has 6 nitrogen and oxygen atoms in total. The zero-order chi connectivity index (χ0) is 22.5. The van der Waals surface area contributed by atoms with E-state index >= 15 is 0 Å². The van der Waals surface area contributed by atoms with E-state index in [9.17, 15) is 8.42 Å². The maximum Gasteiger partial charge on any atom is 0.243 e. The van der Waals surface area contributed by atoms with Crippen molar-refractivity contribution in [3.8, 4) is 0 Å². The summed E-state index contributed by atoms with van der Waals surface area (Å²) in [7, 11) is -3.53. The van der Waals surface area contributed by atoms with Crippen LogP contribution in [0.2, 0.25) is 5.02 Å². The molecule has 9 heteroatoms. The van der Waals surface area contributed by atoms with Crippen LogP contribution in [0.5, 0.6) is 0 Å². The molecule has 1 aliphatic carbocycles. The second kappa shape index (κ2) is 8.56. The largest absolute Gasteiger partial charge is 0.353 e. The van der Waals surface area contributed by atoms with E-state index in [4.69, 9.17) is 21.6 Å². The Bertz CT molecular complexity index is 1250. The maximum absolute atomic E-state index is 13.1. The van der Waals surface area contributed by atoms with Gasteiger partial charge in [-0.05, 0) is 55.5 Å². The first-order valence-corrected chi connectivity index (χ1v) is 13.8. The topological polar surface area (TPSA) is 66.4 Å². The summed E-state index contributed by atoms with van der Waals surface area (Å²) < 4.78 is 27.7. The minimum atomic E-state index is -3.53. The number of hydrogen-bond acceptors (Lipinski definition) is 6. The van der Waals surface area contributed by atoms with Crippen LogP contribution in [0, 0.1) is 0 Å². The molecule has 0 radical (unpaired) electrons. The van der Waals surface area contributed by atoms with Gasteiger partial charge in [0, 0.05) is 42.0 Å². The van der Waals surface area contributed by atoms with Crippen molar-refractivity contribution in [1.82, 2.24) is 14.3 Å². The van der Waals surface area contributed by atoms with Gasteiger partial charge in [0.2, 0.25) is 10.0 Å². The molecule has 0 N–H and O–H groups in total. The normalized spacial score (nSPS) is 17.8. The summed E-state index contributed by atoms with van der Waals surface area (Å²) in [5.74, 6) is 2.09. The summed E-state index contributed by atoms with van der Waals surface area (Å²) >= 11 is 7.75. The molecule has 1 aliphatic heterocycles. The van der Waals surface area contributed by atoms with Crippen LogP contribution in [-0.4, -0.2) is 48.9 Å². The van der Waals surface area contributed by atoms with Crippen LogP contribution in [0.3, 0.4) is 0 Å². The van der Waals surface area contributed by atoms with Crippen LogP contribution in [0.15, 0.2) is 29.2 Å². The van der Waals surface area contributed by atoms with E-state index in [0.717, 1.165) is 29.3 Å². The lowest BCUT2D eigenvalue weighted by Crippen LogP contribution is -2.49. The summed E-state index contributed by atoms with van der Waals surface area (Å²) in [4.78, 5) is 15.0. The first kappa shape index (κ1) is 22.1. The van der Waals surface area contributed by atoms with Crippen molar-refractivity contribution in [2.45, 2.75) is 50.3 Å². The van der Waals surface area contributed by atoms with Crippen LogP contribution in [-0.2, 0) is 22.9 Å². The third kappa shape index (κ3) is 3.91. The maximum atomic E-state index is 13.1. The first-order chi connectivity index (χ1) is 15.3. The monoisotopic (exact) mass is 490 g/mol. The molecule has 0 bridgehead atoms. The van der Waals surface area contributed by atoms with E-state index in [-0.39, 0.29) is 10.8 Å². The predicted octanol–water partition coefficient (Wildman–Crippen LogP) is 4.86. The highest BCUT2D eigenvalue weighted by atomic mass is 35.5. The van der Waals surface area contributed by atoms with Crippen molar-refractivity contribution in [2.24, 2.45) is 0 Å². The number of piperazine rings is 1. The van der Waals surface area contributed by atoms with Gasteiger partial charge in [-0.2, -0.15) is 4.31 Å². The zero-order valence-electron chi connectivity index (χ0n) is 18.3. The van der Waals surface area contributed by atoms with E-state index in [0.29, 0.717) is 31.2 Å². The lowest BCUT2D eigenvalue weighted by molar-refractivity contribution is 0.384. The summed E-state index contributed by atoms with van der Waals surface area (Å²) in [6, 6.07) is 6.39. The Kier molecular flexibility index (Phi) is 5.90. The Morgan fingerprint density at radius 2 is 1.69 bits per heavy atom. The molecule has 1 aromatic carbocycles. The third-order valence-corrected chi connectivity index (χ3v) is 9.67. The molecule has 0 unspecified atom stereocenters. The lowest BCUT2D eigenvalue weighted by atomic mass is 9.96. The second-order valence-electron chi connectivity index (χ2n) is 8.80. The molecular weight excluding hydrogens is 464 g/mol. The van der Waals surface area contributed by atoms with Gasteiger partial charge in [0.15, 0.2) is 0 Å². The van der Waals surface area contributed by atoms with Gasteiger partial charge in [-0.3, -0.25) is 0 Å². The fourth-order valence-corrected chi connectivity index (χ4v) is 7.35. The molecule has 170 valence electrons. The highest BCUT2D eigenvalue weighted by Gasteiger charge is 2.31. The minimum absolute atomic E-state index is 0.240. The van der Waals surface area contributed by atoms with Gasteiger partial charge in [-0.25, -0.2) is 18.4 Å². The van der Waals surface area contributed by atoms with Gasteiger partial charge in [-0.15, -0.1) is 11.3 Å². The van der Waals surface area contributed by atoms with Gasteiger partial charge in [0.25, 0.3) is 0 Å². The zero-order valence-corrected chi connectivity index (χ0v) is 20.7. The Balaban J connectivity index is 1.46. The highest BCUT2D eigenvalue weighted by molar-refractivity contribution is 7.89. The van der Waals surface area contributed by atoms with Crippen molar-refractivity contribution >= 4 is 49.0 Å². The van der Waals surface area contributed by atoms with Crippen molar-refractivity contribution in [3.05, 3.63) is 45.6 Å². The van der Waals surface area contributed by atoms with Crippen molar-refractivity contribution < 1.29 is 8.42 Å². The van der Waals surface area contributed by atoms with E-state index in [1.54, 1.807) is 28.6 Å². The fraction of sp³-hybridized carbons (Fsp3) is 0.478. The van der Waals surface area contributed by atoms with Crippen LogP contribution < -0.4 is 4.90 Å². The predicted molar refractivity (Wildman–Crippen MR) is 131 cm³/mol. The number of fused-ring (bicyclic) bond motifs is 3. The molecule has 0 atom stereocenters. The molecule has 1 fully saturated rings. The Morgan fingerprint density at radius 1 is 1.00 bits per heavy atom. The van der Waals surface area contributed by atoms with Crippen LogP contribution in [0.1, 0.15) is 48.9 Å². The van der Waals surface area contributed by atoms with Crippen molar-refractivity contribution in [3.63, 3.8) is 0 Å². The molecule has 0 amide bonds. The van der Waals surface area contributed by atoms with Crippen molar-refractivity contribution in [1.29, 1.82) is 0 Å². The average Bonchev–Trinajstić information content (AvgIpc) is 3.17. The highest BCUT2D eigenvalue weighted by Crippen LogP contribution is 2.40. The molecule has 5 rings (SSSR count). The smallest absolute Gasteiger partial charge is 0.243 e. The molecule has 2 aliphatic rings. The van der Waals surface area contributed by atoms with E-state index in [1.165, 1.54) is 28.7 Å². The van der Waals surface area contributed by atoms with Gasteiger partial charge in [-0.1, -0.05) is 25.4 Å². The molecule has 0 saturated carbocycles. The molecule has 32 heavy (non-hydrogen) atoms. The lowest BCUT2D eigenvalue weighted by Gasteiger charge is -2.35. The standard InChI is InChI=1S/C23H27ClN4O2S2/c1-15(2)21-25-22(20-18-5-3-4-6-19(18)31-23(20)26-21)27-11-13-28(14-12-27)32(29,30)17-9-7-16(24)8-10-17/h7-10,15H,3-6,11-14H2,1-2H3. The van der Waals surface area contributed by atoms with Gasteiger partial charge >= 0.3 is 0 Å². The number of rotatable bonds is 4. The summed E-state index contributed by atoms with van der Waals surface area (Å²) in [6.45, 7) is 6.33. The third-order valence-electron chi connectivity index (χ3n) is 6.32. The molecule has 2 aromatic heterocycles. The number of thiophene rings is 1. The number of nitrogens with zero attached hydrogens (tertiary/aromatic N) is 4. The SMILES string of the molecule is CC(C)c1nc(N2CCN(S(=O)(=O)c3ccc(Cl)cc3)CC2)c2c3c(sc2n1)CCCC3. The Hall–Kier alpha value is -1.74. The summed E-state index contributed by atoms with van der Waals surface area (Å²) in [6.07, 6.45) is 4.65. The minimum Gasteiger partial charge on any atom is -0.353 e. The van der Waals surface area contributed by atoms with Gasteiger partial charge in [0.05, 0.1) is 10.3 Å².